The number of fused-ring (bicyclic) bond motifs is 1. The SMILES string of the molecule is CC1(C)CCCCC1(O)C1(C#N)COc2ccccc2C1. The lowest BCUT2D eigenvalue weighted by Crippen LogP contribution is -2.62. The van der Waals surface area contributed by atoms with Crippen LogP contribution in [0, 0.1) is 22.2 Å². The highest BCUT2D eigenvalue weighted by Crippen LogP contribution is 2.55. The number of hydrogen-bond acceptors (Lipinski definition) is 3. The van der Waals surface area contributed by atoms with Gasteiger partial charge in [-0.2, -0.15) is 5.26 Å². The van der Waals surface area contributed by atoms with Crippen LogP contribution in [0.15, 0.2) is 24.3 Å². The Morgan fingerprint density at radius 2 is 1.90 bits per heavy atom. The molecule has 2 aliphatic rings. The van der Waals surface area contributed by atoms with Crippen molar-refractivity contribution in [2.45, 2.75) is 51.6 Å². The van der Waals surface area contributed by atoms with Crippen LogP contribution in [-0.4, -0.2) is 17.3 Å². The van der Waals surface area contributed by atoms with Crippen LogP contribution >= 0.6 is 0 Å². The van der Waals surface area contributed by atoms with E-state index in [2.05, 4.69) is 19.9 Å². The summed E-state index contributed by atoms with van der Waals surface area (Å²) < 4.78 is 5.86. The lowest BCUT2D eigenvalue weighted by Gasteiger charge is -2.55. The van der Waals surface area contributed by atoms with E-state index in [9.17, 15) is 10.4 Å². The molecule has 0 saturated heterocycles. The molecule has 1 saturated carbocycles. The van der Waals surface area contributed by atoms with Crippen molar-refractivity contribution in [2.24, 2.45) is 10.8 Å². The lowest BCUT2D eigenvalue weighted by atomic mass is 9.53. The molecular formula is C18H23NO2. The number of nitrogens with zero attached hydrogens (tertiary/aromatic N) is 1. The third-order valence-electron chi connectivity index (χ3n) is 5.65. The van der Waals surface area contributed by atoms with Crippen LogP contribution in [0.1, 0.15) is 45.1 Å². The maximum atomic E-state index is 11.5. The zero-order valence-corrected chi connectivity index (χ0v) is 12.9. The lowest BCUT2D eigenvalue weighted by molar-refractivity contribution is -0.176. The predicted molar refractivity (Wildman–Crippen MR) is 80.9 cm³/mol. The number of para-hydroxylation sites is 1. The molecule has 0 bridgehead atoms. The second-order valence-electron chi connectivity index (χ2n) is 7.22. The van der Waals surface area contributed by atoms with Gasteiger partial charge in [0.2, 0.25) is 0 Å². The van der Waals surface area contributed by atoms with Crippen LogP contribution in [0.3, 0.4) is 0 Å². The summed E-state index contributed by atoms with van der Waals surface area (Å²) in [4.78, 5) is 0. The van der Waals surface area contributed by atoms with Crippen LogP contribution in [0.5, 0.6) is 5.75 Å². The molecular weight excluding hydrogens is 262 g/mol. The summed E-state index contributed by atoms with van der Waals surface area (Å²) in [5.74, 6) is 0.848. The first-order chi connectivity index (χ1) is 9.94. The highest BCUT2D eigenvalue weighted by molar-refractivity contribution is 5.39. The Bertz CT molecular complexity index is 589. The minimum absolute atomic E-state index is 0.267. The van der Waals surface area contributed by atoms with Gasteiger partial charge in [-0.1, -0.05) is 44.9 Å². The number of aliphatic hydroxyl groups is 1. The summed E-state index contributed by atoms with van der Waals surface area (Å²) in [6.07, 6.45) is 4.30. The van der Waals surface area contributed by atoms with E-state index in [4.69, 9.17) is 4.74 Å². The number of hydrogen-bond donors (Lipinski definition) is 1. The Kier molecular flexibility index (Phi) is 3.26. The van der Waals surface area contributed by atoms with Gasteiger partial charge in [0.05, 0.1) is 11.7 Å². The molecule has 1 fully saturated rings. The predicted octanol–water partition coefficient (Wildman–Crippen LogP) is 3.46. The van der Waals surface area contributed by atoms with Crippen molar-refractivity contribution in [1.82, 2.24) is 0 Å². The molecule has 1 aliphatic heterocycles. The normalized spacial score (nSPS) is 34.4. The second kappa shape index (κ2) is 4.74. The highest BCUT2D eigenvalue weighted by atomic mass is 16.5. The standard InChI is InChI=1S/C18H23NO2/c1-16(2)9-5-6-10-18(16,20)17(12-19)11-14-7-3-4-8-15(14)21-13-17/h3-4,7-8,20H,5-6,9-11,13H2,1-2H3. The largest absolute Gasteiger partial charge is 0.492 e. The molecule has 21 heavy (non-hydrogen) atoms. The number of benzene rings is 1. The molecule has 2 unspecified atom stereocenters. The van der Waals surface area contributed by atoms with E-state index >= 15 is 0 Å². The van der Waals surface area contributed by atoms with E-state index in [1.54, 1.807) is 0 Å². The van der Waals surface area contributed by atoms with Gasteiger partial charge in [-0.05, 0) is 29.9 Å². The molecule has 0 radical (unpaired) electrons. The minimum Gasteiger partial charge on any atom is -0.492 e. The zero-order chi connectivity index (χ0) is 15.1. The summed E-state index contributed by atoms with van der Waals surface area (Å²) in [6.45, 7) is 4.46. The first-order valence-electron chi connectivity index (χ1n) is 7.79. The first-order valence-corrected chi connectivity index (χ1v) is 7.79. The molecule has 1 aliphatic carbocycles. The molecule has 112 valence electrons. The van der Waals surface area contributed by atoms with Crippen LogP contribution in [0.4, 0.5) is 0 Å². The number of ether oxygens (including phenoxy) is 1. The smallest absolute Gasteiger partial charge is 0.124 e. The van der Waals surface area contributed by atoms with Crippen LogP contribution in [0.25, 0.3) is 0 Å². The number of rotatable bonds is 1. The van der Waals surface area contributed by atoms with E-state index in [0.29, 0.717) is 12.8 Å². The van der Waals surface area contributed by atoms with E-state index in [-0.39, 0.29) is 12.0 Å². The summed E-state index contributed by atoms with van der Waals surface area (Å²) in [5, 5.41) is 21.4. The fourth-order valence-electron chi connectivity index (χ4n) is 4.18. The van der Waals surface area contributed by atoms with Crippen molar-refractivity contribution in [3.05, 3.63) is 29.8 Å². The Labute approximate surface area is 126 Å². The molecule has 2 atom stereocenters. The average molecular weight is 285 g/mol. The van der Waals surface area contributed by atoms with Gasteiger partial charge in [-0.15, -0.1) is 0 Å². The monoisotopic (exact) mass is 285 g/mol. The van der Waals surface area contributed by atoms with E-state index in [0.717, 1.165) is 30.6 Å². The van der Waals surface area contributed by atoms with Gasteiger partial charge in [-0.25, -0.2) is 0 Å². The van der Waals surface area contributed by atoms with Crippen LogP contribution in [0.2, 0.25) is 0 Å². The molecule has 0 amide bonds. The maximum absolute atomic E-state index is 11.5. The molecule has 1 aromatic rings. The summed E-state index contributed by atoms with van der Waals surface area (Å²) in [5.41, 5.74) is -1.09. The molecule has 0 spiro atoms. The third-order valence-corrected chi connectivity index (χ3v) is 5.65. The molecule has 3 nitrogen and oxygen atoms in total. The Balaban J connectivity index is 2.05. The summed E-state index contributed by atoms with van der Waals surface area (Å²) >= 11 is 0. The third kappa shape index (κ3) is 1.97. The van der Waals surface area contributed by atoms with E-state index in [1.165, 1.54) is 0 Å². The molecule has 1 aromatic carbocycles. The molecule has 0 aromatic heterocycles. The van der Waals surface area contributed by atoms with Crippen molar-refractivity contribution in [3.8, 4) is 11.8 Å². The average Bonchev–Trinajstić information content (AvgIpc) is 2.49. The van der Waals surface area contributed by atoms with Crippen molar-refractivity contribution in [2.75, 3.05) is 6.61 Å². The van der Waals surface area contributed by atoms with Crippen LogP contribution < -0.4 is 4.74 Å². The van der Waals surface area contributed by atoms with Gasteiger partial charge in [0, 0.05) is 6.42 Å². The highest BCUT2D eigenvalue weighted by Gasteiger charge is 2.61. The number of nitriles is 1. The van der Waals surface area contributed by atoms with Crippen molar-refractivity contribution >= 4 is 0 Å². The Hall–Kier alpha value is -1.53. The molecule has 1 heterocycles. The zero-order valence-electron chi connectivity index (χ0n) is 12.9. The van der Waals surface area contributed by atoms with Crippen LogP contribution in [-0.2, 0) is 6.42 Å². The van der Waals surface area contributed by atoms with Gasteiger partial charge in [0.15, 0.2) is 0 Å². The molecule has 3 rings (SSSR count). The second-order valence-corrected chi connectivity index (χ2v) is 7.22. The van der Waals surface area contributed by atoms with Crippen molar-refractivity contribution in [1.29, 1.82) is 5.26 Å². The molecule has 1 N–H and O–H groups in total. The van der Waals surface area contributed by atoms with Gasteiger partial charge in [-0.3, -0.25) is 0 Å². The van der Waals surface area contributed by atoms with Gasteiger partial charge < -0.3 is 9.84 Å². The van der Waals surface area contributed by atoms with Gasteiger partial charge in [0.1, 0.15) is 17.8 Å². The van der Waals surface area contributed by atoms with E-state index < -0.39 is 11.0 Å². The molecule has 3 heteroatoms. The summed E-state index contributed by atoms with van der Waals surface area (Å²) in [7, 11) is 0. The maximum Gasteiger partial charge on any atom is 0.124 e. The minimum atomic E-state index is -0.999. The fraction of sp³-hybridized carbons (Fsp3) is 0.611. The fourth-order valence-corrected chi connectivity index (χ4v) is 4.18. The Morgan fingerprint density at radius 1 is 1.19 bits per heavy atom. The van der Waals surface area contributed by atoms with Gasteiger partial charge >= 0.3 is 0 Å². The summed E-state index contributed by atoms with van der Waals surface area (Å²) in [6, 6.07) is 10.3. The van der Waals surface area contributed by atoms with E-state index in [1.807, 2.05) is 24.3 Å². The Morgan fingerprint density at radius 3 is 2.62 bits per heavy atom. The first kappa shape index (κ1) is 14.4. The van der Waals surface area contributed by atoms with Gasteiger partial charge in [0.25, 0.3) is 0 Å². The van der Waals surface area contributed by atoms with Crippen molar-refractivity contribution in [3.63, 3.8) is 0 Å². The quantitative estimate of drug-likeness (QED) is 0.859. The topological polar surface area (TPSA) is 53.2 Å². The van der Waals surface area contributed by atoms with Crippen molar-refractivity contribution < 1.29 is 9.84 Å².